The molecule has 0 saturated carbocycles. The highest BCUT2D eigenvalue weighted by atomic mass is 15.4. The van der Waals surface area contributed by atoms with Gasteiger partial charge >= 0.3 is 0 Å². The lowest BCUT2D eigenvalue weighted by Gasteiger charge is -2.17. The zero-order chi connectivity index (χ0) is 12.0. The molecule has 0 aliphatic heterocycles. The average Bonchev–Trinajstić information content (AvgIpc) is 2.65. The van der Waals surface area contributed by atoms with Crippen LogP contribution in [0.15, 0.2) is 18.3 Å². The van der Waals surface area contributed by atoms with E-state index in [2.05, 4.69) is 48.6 Å². The minimum atomic E-state index is 0.0101. The number of rotatable bonds is 5. The Bertz CT molecular complexity index is 333. The van der Waals surface area contributed by atoms with Crippen molar-refractivity contribution in [2.75, 3.05) is 6.54 Å². The molecule has 0 aromatic carbocycles. The minimum absolute atomic E-state index is 0.0101. The van der Waals surface area contributed by atoms with Gasteiger partial charge in [0, 0.05) is 6.54 Å². The Morgan fingerprint density at radius 3 is 2.75 bits per heavy atom. The molecule has 1 heterocycles. The van der Waals surface area contributed by atoms with E-state index in [1.807, 2.05) is 17.8 Å². The van der Waals surface area contributed by atoms with E-state index in [1.54, 1.807) is 0 Å². The number of allylic oxidation sites excluding steroid dienone is 1. The van der Waals surface area contributed by atoms with Crippen LogP contribution in [0.2, 0.25) is 0 Å². The molecule has 1 N–H and O–H groups in total. The summed E-state index contributed by atoms with van der Waals surface area (Å²) in [6.07, 6.45) is 7.28. The van der Waals surface area contributed by atoms with Crippen LogP contribution < -0.4 is 5.32 Å². The maximum atomic E-state index is 4.13. The summed E-state index contributed by atoms with van der Waals surface area (Å²) >= 11 is 0. The van der Waals surface area contributed by atoms with Gasteiger partial charge in [-0.1, -0.05) is 17.4 Å². The van der Waals surface area contributed by atoms with Gasteiger partial charge in [-0.25, -0.2) is 4.68 Å². The van der Waals surface area contributed by atoms with Gasteiger partial charge in [0.15, 0.2) is 0 Å². The second kappa shape index (κ2) is 5.80. The van der Waals surface area contributed by atoms with Crippen molar-refractivity contribution in [1.29, 1.82) is 0 Å². The van der Waals surface area contributed by atoms with Crippen LogP contribution in [-0.4, -0.2) is 21.5 Å². The first-order chi connectivity index (χ1) is 7.54. The molecule has 0 spiro atoms. The van der Waals surface area contributed by atoms with Crippen molar-refractivity contribution in [3.05, 3.63) is 24.0 Å². The Morgan fingerprint density at radius 1 is 1.44 bits per heavy atom. The lowest BCUT2D eigenvalue weighted by molar-refractivity contribution is 0.347. The SMILES string of the molecule is C/C=C/CCNCc1cn(C(C)(C)C)nn1. The third kappa shape index (κ3) is 4.14. The van der Waals surface area contributed by atoms with E-state index in [0.29, 0.717) is 0 Å². The fourth-order valence-electron chi connectivity index (χ4n) is 1.28. The summed E-state index contributed by atoms with van der Waals surface area (Å²) in [5.41, 5.74) is 1.01. The van der Waals surface area contributed by atoms with Crippen LogP contribution in [0.1, 0.15) is 39.8 Å². The lowest BCUT2D eigenvalue weighted by atomic mass is 10.1. The highest BCUT2D eigenvalue weighted by Crippen LogP contribution is 2.11. The molecule has 0 aliphatic rings. The van der Waals surface area contributed by atoms with Crippen LogP contribution >= 0.6 is 0 Å². The molecule has 1 aromatic heterocycles. The zero-order valence-electron chi connectivity index (χ0n) is 10.7. The van der Waals surface area contributed by atoms with Crippen molar-refractivity contribution in [3.63, 3.8) is 0 Å². The first-order valence-electron chi connectivity index (χ1n) is 5.77. The predicted octanol–water partition coefficient (Wildman–Crippen LogP) is 2.09. The molecule has 4 heteroatoms. The van der Waals surface area contributed by atoms with E-state index in [4.69, 9.17) is 0 Å². The first kappa shape index (κ1) is 12.9. The molecule has 0 bridgehead atoms. The summed E-state index contributed by atoms with van der Waals surface area (Å²) in [5.74, 6) is 0. The Hall–Kier alpha value is -1.16. The third-order valence-electron chi connectivity index (χ3n) is 2.26. The third-order valence-corrected chi connectivity index (χ3v) is 2.26. The Kier molecular flexibility index (Phi) is 4.68. The highest BCUT2D eigenvalue weighted by Gasteiger charge is 2.14. The van der Waals surface area contributed by atoms with Crippen LogP contribution in [-0.2, 0) is 12.1 Å². The van der Waals surface area contributed by atoms with Crippen LogP contribution in [0, 0.1) is 0 Å². The molecule has 1 aromatic rings. The Balaban J connectivity index is 2.35. The number of hydrogen-bond acceptors (Lipinski definition) is 3. The van der Waals surface area contributed by atoms with Gasteiger partial charge in [0.05, 0.1) is 17.4 Å². The molecule has 0 unspecified atom stereocenters. The molecule has 0 amide bonds. The summed E-state index contributed by atoms with van der Waals surface area (Å²) in [7, 11) is 0. The van der Waals surface area contributed by atoms with Gasteiger partial charge in [-0.2, -0.15) is 0 Å². The maximum Gasteiger partial charge on any atom is 0.0965 e. The van der Waals surface area contributed by atoms with Crippen LogP contribution in [0.4, 0.5) is 0 Å². The van der Waals surface area contributed by atoms with E-state index < -0.39 is 0 Å². The summed E-state index contributed by atoms with van der Waals surface area (Å²) in [6, 6.07) is 0. The van der Waals surface area contributed by atoms with Crippen molar-refractivity contribution in [2.45, 2.75) is 46.2 Å². The van der Waals surface area contributed by atoms with E-state index in [9.17, 15) is 0 Å². The summed E-state index contributed by atoms with van der Waals surface area (Å²) in [4.78, 5) is 0. The Morgan fingerprint density at radius 2 is 2.19 bits per heavy atom. The molecule has 1 rings (SSSR count). The number of nitrogens with zero attached hydrogens (tertiary/aromatic N) is 3. The lowest BCUT2D eigenvalue weighted by Crippen LogP contribution is -2.22. The molecule has 16 heavy (non-hydrogen) atoms. The molecular weight excluding hydrogens is 200 g/mol. The van der Waals surface area contributed by atoms with Crippen molar-refractivity contribution < 1.29 is 0 Å². The van der Waals surface area contributed by atoms with Crippen LogP contribution in [0.5, 0.6) is 0 Å². The number of hydrogen-bond donors (Lipinski definition) is 1. The summed E-state index contributed by atoms with van der Waals surface area (Å²) in [5, 5.41) is 11.6. The molecule has 0 radical (unpaired) electrons. The molecule has 4 nitrogen and oxygen atoms in total. The summed E-state index contributed by atoms with van der Waals surface area (Å²) < 4.78 is 1.90. The predicted molar refractivity (Wildman–Crippen MR) is 66.2 cm³/mol. The van der Waals surface area contributed by atoms with Gasteiger partial charge < -0.3 is 5.32 Å². The first-order valence-corrected chi connectivity index (χ1v) is 5.77. The number of nitrogens with one attached hydrogen (secondary N) is 1. The van der Waals surface area contributed by atoms with Gasteiger partial charge in [-0.05, 0) is 40.7 Å². The fourth-order valence-corrected chi connectivity index (χ4v) is 1.28. The monoisotopic (exact) mass is 222 g/mol. The van der Waals surface area contributed by atoms with Crippen molar-refractivity contribution in [2.24, 2.45) is 0 Å². The van der Waals surface area contributed by atoms with Gasteiger partial charge in [-0.15, -0.1) is 5.10 Å². The van der Waals surface area contributed by atoms with E-state index in [-0.39, 0.29) is 5.54 Å². The topological polar surface area (TPSA) is 42.7 Å². The molecule has 0 aliphatic carbocycles. The van der Waals surface area contributed by atoms with Crippen molar-refractivity contribution in [3.8, 4) is 0 Å². The zero-order valence-corrected chi connectivity index (χ0v) is 10.7. The maximum absolute atomic E-state index is 4.13. The minimum Gasteiger partial charge on any atom is -0.311 e. The molecule has 0 atom stereocenters. The van der Waals surface area contributed by atoms with E-state index >= 15 is 0 Å². The average molecular weight is 222 g/mol. The second-order valence-electron chi connectivity index (χ2n) is 4.86. The largest absolute Gasteiger partial charge is 0.311 e. The van der Waals surface area contributed by atoms with E-state index in [1.165, 1.54) is 0 Å². The van der Waals surface area contributed by atoms with Crippen LogP contribution in [0.25, 0.3) is 0 Å². The smallest absolute Gasteiger partial charge is 0.0965 e. The number of aromatic nitrogens is 3. The standard InChI is InChI=1S/C12H22N4/c1-5-6-7-8-13-9-11-10-16(15-14-11)12(2,3)4/h5-6,10,13H,7-9H2,1-4H3/b6-5+. The van der Waals surface area contributed by atoms with Crippen molar-refractivity contribution >= 4 is 0 Å². The van der Waals surface area contributed by atoms with Gasteiger partial charge in [0.1, 0.15) is 0 Å². The highest BCUT2D eigenvalue weighted by molar-refractivity contribution is 4.94. The van der Waals surface area contributed by atoms with Gasteiger partial charge in [0.2, 0.25) is 0 Å². The second-order valence-corrected chi connectivity index (χ2v) is 4.86. The quantitative estimate of drug-likeness (QED) is 0.613. The molecular formula is C12H22N4. The fraction of sp³-hybridized carbons (Fsp3) is 0.667. The molecule has 90 valence electrons. The van der Waals surface area contributed by atoms with Crippen molar-refractivity contribution in [1.82, 2.24) is 20.3 Å². The molecule has 0 saturated heterocycles. The Labute approximate surface area is 97.7 Å². The molecule has 0 fully saturated rings. The van der Waals surface area contributed by atoms with Gasteiger partial charge in [0.25, 0.3) is 0 Å². The summed E-state index contributed by atoms with van der Waals surface area (Å²) in [6.45, 7) is 10.1. The normalized spacial score (nSPS) is 12.5. The van der Waals surface area contributed by atoms with Crippen LogP contribution in [0.3, 0.4) is 0 Å². The van der Waals surface area contributed by atoms with Gasteiger partial charge in [-0.3, -0.25) is 0 Å². The van der Waals surface area contributed by atoms with E-state index in [0.717, 1.165) is 25.2 Å².